The number of amides is 1. The molecule has 3 rings (SSSR count). The van der Waals surface area contributed by atoms with E-state index in [0.717, 1.165) is 39.1 Å². The monoisotopic (exact) mass is 332 g/mol. The predicted octanol–water partition coefficient (Wildman–Crippen LogP) is 1.96. The van der Waals surface area contributed by atoms with Crippen LogP contribution in [0.15, 0.2) is 30.3 Å². The first-order chi connectivity index (χ1) is 11.7. The maximum Gasteiger partial charge on any atom is 0.222 e. The van der Waals surface area contributed by atoms with Gasteiger partial charge in [0.25, 0.3) is 0 Å². The summed E-state index contributed by atoms with van der Waals surface area (Å²) in [7, 11) is 0. The molecule has 1 N–H and O–H groups in total. The van der Waals surface area contributed by atoms with Gasteiger partial charge in [0, 0.05) is 26.2 Å². The van der Waals surface area contributed by atoms with Crippen LogP contribution in [0.4, 0.5) is 0 Å². The van der Waals surface area contributed by atoms with Crippen molar-refractivity contribution >= 4 is 5.91 Å². The highest BCUT2D eigenvalue weighted by molar-refractivity contribution is 5.76. The van der Waals surface area contributed by atoms with Crippen LogP contribution in [0.25, 0.3) is 0 Å². The lowest BCUT2D eigenvalue weighted by atomic mass is 10.1. The van der Waals surface area contributed by atoms with Gasteiger partial charge in [0.2, 0.25) is 5.91 Å². The Hall–Kier alpha value is -1.43. The van der Waals surface area contributed by atoms with Gasteiger partial charge in [-0.1, -0.05) is 30.3 Å². The molecule has 2 saturated heterocycles. The fourth-order valence-electron chi connectivity index (χ4n) is 3.50. The van der Waals surface area contributed by atoms with Crippen LogP contribution in [0.2, 0.25) is 0 Å². The van der Waals surface area contributed by atoms with Crippen LogP contribution in [0.1, 0.15) is 31.7 Å². The zero-order chi connectivity index (χ0) is 16.8. The Bertz CT molecular complexity index is 517. The summed E-state index contributed by atoms with van der Waals surface area (Å²) >= 11 is 0. The first-order valence-electron chi connectivity index (χ1n) is 8.99. The highest BCUT2D eigenvalue weighted by Crippen LogP contribution is 2.16. The molecule has 3 atom stereocenters. The number of carbonyl (C=O) groups is 1. The van der Waals surface area contributed by atoms with Crippen LogP contribution in [0.3, 0.4) is 0 Å². The van der Waals surface area contributed by atoms with Crippen molar-refractivity contribution < 1.29 is 14.3 Å². The van der Waals surface area contributed by atoms with Gasteiger partial charge in [-0.15, -0.1) is 0 Å². The summed E-state index contributed by atoms with van der Waals surface area (Å²) in [4.78, 5) is 14.6. The third kappa shape index (κ3) is 5.03. The van der Waals surface area contributed by atoms with E-state index < -0.39 is 0 Å². The molecule has 0 saturated carbocycles. The van der Waals surface area contributed by atoms with Gasteiger partial charge in [0.15, 0.2) is 0 Å². The number of benzene rings is 1. The zero-order valence-corrected chi connectivity index (χ0v) is 14.4. The van der Waals surface area contributed by atoms with Gasteiger partial charge < -0.3 is 14.8 Å². The lowest BCUT2D eigenvalue weighted by Crippen LogP contribution is -2.46. The summed E-state index contributed by atoms with van der Waals surface area (Å²) in [6.07, 6.45) is 2.68. The molecule has 0 bridgehead atoms. The molecule has 5 nitrogen and oxygen atoms in total. The third-order valence-corrected chi connectivity index (χ3v) is 4.80. The molecule has 2 heterocycles. The second kappa shape index (κ2) is 8.60. The quantitative estimate of drug-likeness (QED) is 0.865. The molecule has 0 spiro atoms. The molecule has 2 aliphatic rings. The van der Waals surface area contributed by atoms with E-state index in [-0.39, 0.29) is 24.2 Å². The number of hydrogen-bond acceptors (Lipinski definition) is 4. The molecule has 0 aromatic heterocycles. The van der Waals surface area contributed by atoms with Gasteiger partial charge in [-0.3, -0.25) is 9.69 Å². The van der Waals surface area contributed by atoms with E-state index in [1.807, 2.05) is 13.0 Å². The predicted molar refractivity (Wildman–Crippen MR) is 92.7 cm³/mol. The van der Waals surface area contributed by atoms with Crippen molar-refractivity contribution in [2.24, 2.45) is 0 Å². The summed E-state index contributed by atoms with van der Waals surface area (Å²) in [6.45, 7) is 6.15. The molecule has 5 heteroatoms. The standard InChI is InChI=1S/C19H28N2O3/c1-15(18-8-5-10-24-18)20-19(22)12-17-14-21(9-11-23-17)13-16-6-3-2-4-7-16/h2-4,6-7,15,17-18H,5,8-14H2,1H3,(H,20,22)/t15-,17+,18+/m0/s1. The van der Waals surface area contributed by atoms with E-state index in [1.165, 1.54) is 5.56 Å². The van der Waals surface area contributed by atoms with Crippen molar-refractivity contribution in [2.75, 3.05) is 26.3 Å². The summed E-state index contributed by atoms with van der Waals surface area (Å²) < 4.78 is 11.4. The number of carbonyl (C=O) groups excluding carboxylic acids is 1. The molecule has 0 radical (unpaired) electrons. The molecular formula is C19H28N2O3. The summed E-state index contributed by atoms with van der Waals surface area (Å²) in [5, 5.41) is 3.07. The number of nitrogens with one attached hydrogen (secondary N) is 1. The second-order valence-electron chi connectivity index (χ2n) is 6.83. The fraction of sp³-hybridized carbons (Fsp3) is 0.632. The van der Waals surface area contributed by atoms with Gasteiger partial charge >= 0.3 is 0 Å². The normalized spacial score (nSPS) is 26.2. The number of nitrogens with zero attached hydrogens (tertiary/aromatic N) is 1. The van der Waals surface area contributed by atoms with Gasteiger partial charge in [0.1, 0.15) is 0 Å². The number of rotatable bonds is 6. The number of hydrogen-bond donors (Lipinski definition) is 1. The van der Waals surface area contributed by atoms with Crippen LogP contribution in [-0.2, 0) is 20.8 Å². The minimum Gasteiger partial charge on any atom is -0.376 e. The molecule has 1 aromatic rings. The van der Waals surface area contributed by atoms with Crippen molar-refractivity contribution in [3.05, 3.63) is 35.9 Å². The molecule has 2 fully saturated rings. The van der Waals surface area contributed by atoms with E-state index in [2.05, 4.69) is 34.5 Å². The van der Waals surface area contributed by atoms with E-state index >= 15 is 0 Å². The van der Waals surface area contributed by atoms with Gasteiger partial charge in [-0.05, 0) is 25.3 Å². The molecule has 1 aromatic carbocycles. The van der Waals surface area contributed by atoms with E-state index in [0.29, 0.717) is 13.0 Å². The Morgan fingerprint density at radius 2 is 2.12 bits per heavy atom. The van der Waals surface area contributed by atoms with Gasteiger partial charge in [-0.25, -0.2) is 0 Å². The van der Waals surface area contributed by atoms with Crippen molar-refractivity contribution in [3.63, 3.8) is 0 Å². The van der Waals surface area contributed by atoms with Crippen LogP contribution < -0.4 is 5.32 Å². The van der Waals surface area contributed by atoms with Crippen molar-refractivity contribution in [1.82, 2.24) is 10.2 Å². The van der Waals surface area contributed by atoms with Crippen LogP contribution in [0.5, 0.6) is 0 Å². The Morgan fingerprint density at radius 1 is 1.29 bits per heavy atom. The Morgan fingerprint density at radius 3 is 2.88 bits per heavy atom. The van der Waals surface area contributed by atoms with Gasteiger partial charge in [-0.2, -0.15) is 0 Å². The zero-order valence-electron chi connectivity index (χ0n) is 14.4. The SMILES string of the molecule is C[C@H](NC(=O)C[C@@H]1CN(Cc2ccccc2)CCO1)[C@H]1CCCO1. The fourth-order valence-corrected chi connectivity index (χ4v) is 3.50. The smallest absolute Gasteiger partial charge is 0.222 e. The second-order valence-corrected chi connectivity index (χ2v) is 6.83. The maximum atomic E-state index is 12.3. The average molecular weight is 332 g/mol. The van der Waals surface area contributed by atoms with Crippen LogP contribution >= 0.6 is 0 Å². The molecule has 2 aliphatic heterocycles. The third-order valence-electron chi connectivity index (χ3n) is 4.80. The summed E-state index contributed by atoms with van der Waals surface area (Å²) in [5.41, 5.74) is 1.30. The lowest BCUT2D eigenvalue weighted by molar-refractivity contribution is -0.127. The topological polar surface area (TPSA) is 50.8 Å². The molecule has 1 amide bonds. The maximum absolute atomic E-state index is 12.3. The number of ether oxygens (including phenoxy) is 2. The molecular weight excluding hydrogens is 304 g/mol. The first kappa shape index (κ1) is 17.4. The molecule has 0 aliphatic carbocycles. The summed E-state index contributed by atoms with van der Waals surface area (Å²) in [5.74, 6) is 0.0598. The molecule has 0 unspecified atom stereocenters. The van der Waals surface area contributed by atoms with Crippen molar-refractivity contribution in [1.29, 1.82) is 0 Å². The average Bonchev–Trinajstić information content (AvgIpc) is 3.10. The molecule has 132 valence electrons. The minimum atomic E-state index is -0.0286. The lowest BCUT2D eigenvalue weighted by Gasteiger charge is -2.33. The summed E-state index contributed by atoms with van der Waals surface area (Å²) in [6, 6.07) is 10.5. The Labute approximate surface area is 144 Å². The minimum absolute atomic E-state index is 0.0286. The van der Waals surface area contributed by atoms with E-state index in [1.54, 1.807) is 0 Å². The Balaban J connectivity index is 1.43. The van der Waals surface area contributed by atoms with Crippen LogP contribution in [0, 0.1) is 0 Å². The molecule has 24 heavy (non-hydrogen) atoms. The van der Waals surface area contributed by atoms with Crippen molar-refractivity contribution in [2.45, 2.75) is 51.0 Å². The van der Waals surface area contributed by atoms with E-state index in [4.69, 9.17) is 9.47 Å². The Kier molecular flexibility index (Phi) is 6.24. The van der Waals surface area contributed by atoms with Crippen molar-refractivity contribution in [3.8, 4) is 0 Å². The number of morpholine rings is 1. The largest absolute Gasteiger partial charge is 0.376 e. The first-order valence-corrected chi connectivity index (χ1v) is 8.99. The van der Waals surface area contributed by atoms with Crippen LogP contribution in [-0.4, -0.2) is 55.4 Å². The highest BCUT2D eigenvalue weighted by atomic mass is 16.5. The highest BCUT2D eigenvalue weighted by Gasteiger charge is 2.26. The van der Waals surface area contributed by atoms with E-state index in [9.17, 15) is 4.79 Å². The van der Waals surface area contributed by atoms with Gasteiger partial charge in [0.05, 0.1) is 31.3 Å².